The number of carbonyl (C=O) groups is 2. The maximum atomic E-state index is 13.9. The first kappa shape index (κ1) is 14.4. The van der Waals surface area contributed by atoms with Gasteiger partial charge in [-0.2, -0.15) is 0 Å². The van der Waals surface area contributed by atoms with Crippen LogP contribution in [0.1, 0.15) is 21.0 Å². The summed E-state index contributed by atoms with van der Waals surface area (Å²) in [5.41, 5.74) is 5.36. The zero-order valence-electron chi connectivity index (χ0n) is 11.2. The molecule has 1 aromatic heterocycles. The van der Waals surface area contributed by atoms with Gasteiger partial charge in [0.05, 0.1) is 19.8 Å². The number of carbonyl (C=O) groups excluding carboxylic acids is 2. The molecule has 0 fully saturated rings. The lowest BCUT2D eigenvalue weighted by Crippen LogP contribution is -2.10. The van der Waals surface area contributed by atoms with E-state index in [4.69, 9.17) is 5.73 Å². The lowest BCUT2D eigenvalue weighted by Gasteiger charge is -2.08. The van der Waals surface area contributed by atoms with Crippen molar-refractivity contribution in [2.24, 2.45) is 0 Å². The Kier molecular flexibility index (Phi) is 3.83. The maximum Gasteiger partial charge on any atom is 0.377 e. The minimum atomic E-state index is -0.766. The second-order valence-electron chi connectivity index (χ2n) is 3.89. The average molecular weight is 294 g/mol. The number of esters is 2. The zero-order chi connectivity index (χ0) is 15.6. The SMILES string of the molecule is COC(=O)c1ncn(-c2cc(C(=O)OC)c(N)cc2F)n1. The third-order valence-corrected chi connectivity index (χ3v) is 2.63. The highest BCUT2D eigenvalue weighted by atomic mass is 19.1. The Morgan fingerprint density at radius 2 is 1.90 bits per heavy atom. The predicted octanol–water partition coefficient (Wildman–Crippen LogP) is 0.562. The van der Waals surface area contributed by atoms with Crippen molar-refractivity contribution in [2.75, 3.05) is 20.0 Å². The van der Waals surface area contributed by atoms with Crippen LogP contribution in [0.4, 0.5) is 10.1 Å². The van der Waals surface area contributed by atoms with Gasteiger partial charge in [0.25, 0.3) is 5.82 Å². The van der Waals surface area contributed by atoms with Gasteiger partial charge in [0.2, 0.25) is 0 Å². The highest BCUT2D eigenvalue weighted by Crippen LogP contribution is 2.21. The van der Waals surface area contributed by atoms with Gasteiger partial charge in [0.15, 0.2) is 5.82 Å². The first-order valence-electron chi connectivity index (χ1n) is 5.65. The summed E-state index contributed by atoms with van der Waals surface area (Å²) in [7, 11) is 2.35. The molecule has 2 N–H and O–H groups in total. The van der Waals surface area contributed by atoms with E-state index in [1.54, 1.807) is 0 Å². The number of anilines is 1. The number of hydrogen-bond donors (Lipinski definition) is 1. The van der Waals surface area contributed by atoms with Gasteiger partial charge < -0.3 is 15.2 Å². The van der Waals surface area contributed by atoms with E-state index in [0.29, 0.717) is 0 Å². The molecule has 0 radical (unpaired) electrons. The molecule has 21 heavy (non-hydrogen) atoms. The quantitative estimate of drug-likeness (QED) is 0.650. The molecule has 1 heterocycles. The lowest BCUT2D eigenvalue weighted by molar-refractivity contribution is 0.0582. The molecule has 0 saturated heterocycles. The maximum absolute atomic E-state index is 13.9. The second-order valence-corrected chi connectivity index (χ2v) is 3.89. The molecule has 2 aromatic rings. The van der Waals surface area contributed by atoms with Crippen LogP contribution in [-0.2, 0) is 9.47 Å². The van der Waals surface area contributed by atoms with E-state index in [-0.39, 0.29) is 22.8 Å². The number of nitrogens with two attached hydrogens (primary N) is 1. The largest absolute Gasteiger partial charge is 0.465 e. The predicted molar refractivity (Wildman–Crippen MR) is 68.4 cm³/mol. The van der Waals surface area contributed by atoms with E-state index in [1.165, 1.54) is 14.2 Å². The summed E-state index contributed by atoms with van der Waals surface area (Å²) in [5.74, 6) is -2.46. The van der Waals surface area contributed by atoms with Crippen molar-refractivity contribution >= 4 is 17.6 Å². The smallest absolute Gasteiger partial charge is 0.377 e. The standard InChI is InChI=1S/C12H11FN4O4/c1-20-11(18)6-3-9(7(13)4-8(6)14)17-5-15-10(16-17)12(19)21-2/h3-5H,14H2,1-2H3. The van der Waals surface area contributed by atoms with Crippen molar-refractivity contribution < 1.29 is 23.5 Å². The van der Waals surface area contributed by atoms with Gasteiger partial charge in [0, 0.05) is 5.69 Å². The molecular weight excluding hydrogens is 283 g/mol. The summed E-state index contributed by atoms with van der Waals surface area (Å²) in [6.45, 7) is 0. The molecule has 0 amide bonds. The highest BCUT2D eigenvalue weighted by Gasteiger charge is 2.18. The molecular formula is C12H11FN4O4. The Balaban J connectivity index is 2.51. The molecule has 0 bridgehead atoms. The normalized spacial score (nSPS) is 10.2. The van der Waals surface area contributed by atoms with Crippen LogP contribution in [0.15, 0.2) is 18.5 Å². The Morgan fingerprint density at radius 3 is 2.52 bits per heavy atom. The summed E-state index contributed by atoms with van der Waals surface area (Å²) in [5, 5.41) is 3.77. The van der Waals surface area contributed by atoms with E-state index in [0.717, 1.165) is 23.1 Å². The number of aromatic nitrogens is 3. The molecule has 8 nitrogen and oxygen atoms in total. The molecule has 9 heteroatoms. The molecule has 0 aliphatic carbocycles. The van der Waals surface area contributed by atoms with Crippen LogP contribution in [-0.4, -0.2) is 40.9 Å². The van der Waals surface area contributed by atoms with Crippen molar-refractivity contribution in [3.8, 4) is 5.69 Å². The molecule has 0 saturated carbocycles. The van der Waals surface area contributed by atoms with E-state index in [9.17, 15) is 14.0 Å². The second kappa shape index (κ2) is 5.57. The van der Waals surface area contributed by atoms with Crippen molar-refractivity contribution in [3.63, 3.8) is 0 Å². The Morgan fingerprint density at radius 1 is 1.24 bits per heavy atom. The summed E-state index contributed by atoms with van der Waals surface area (Å²) in [4.78, 5) is 26.5. The van der Waals surface area contributed by atoms with Crippen LogP contribution < -0.4 is 5.73 Å². The Bertz CT molecular complexity index is 713. The van der Waals surface area contributed by atoms with Crippen LogP contribution >= 0.6 is 0 Å². The first-order valence-corrected chi connectivity index (χ1v) is 5.65. The molecule has 1 aromatic carbocycles. The summed E-state index contributed by atoms with van der Waals surface area (Å²) in [6.07, 6.45) is 1.11. The minimum absolute atomic E-state index is 0.0241. The van der Waals surface area contributed by atoms with Gasteiger partial charge in [-0.25, -0.2) is 23.6 Å². The Labute approximate surface area is 118 Å². The summed E-state index contributed by atoms with van der Waals surface area (Å²) < 4.78 is 23.9. The molecule has 0 aliphatic rings. The highest BCUT2D eigenvalue weighted by molar-refractivity contribution is 5.95. The summed E-state index contributed by atoms with van der Waals surface area (Å²) >= 11 is 0. The zero-order valence-corrected chi connectivity index (χ0v) is 11.2. The molecule has 0 atom stereocenters. The van der Waals surface area contributed by atoms with Gasteiger partial charge in [-0.15, -0.1) is 5.10 Å². The first-order chi connectivity index (χ1) is 9.97. The van der Waals surface area contributed by atoms with Crippen LogP contribution in [0.3, 0.4) is 0 Å². The van der Waals surface area contributed by atoms with Crippen LogP contribution in [0, 0.1) is 5.82 Å². The third-order valence-electron chi connectivity index (χ3n) is 2.63. The topological polar surface area (TPSA) is 109 Å². The number of nitrogens with zero attached hydrogens (tertiary/aromatic N) is 3. The van der Waals surface area contributed by atoms with E-state index in [2.05, 4.69) is 19.6 Å². The number of benzene rings is 1. The number of hydrogen-bond acceptors (Lipinski definition) is 7. The number of rotatable bonds is 3. The average Bonchev–Trinajstić information content (AvgIpc) is 2.95. The molecule has 2 rings (SSSR count). The van der Waals surface area contributed by atoms with Crippen molar-refractivity contribution in [1.82, 2.24) is 14.8 Å². The lowest BCUT2D eigenvalue weighted by atomic mass is 10.1. The van der Waals surface area contributed by atoms with Crippen LogP contribution in [0.25, 0.3) is 5.69 Å². The van der Waals surface area contributed by atoms with E-state index >= 15 is 0 Å². The van der Waals surface area contributed by atoms with Crippen molar-refractivity contribution in [2.45, 2.75) is 0 Å². The fourth-order valence-corrected chi connectivity index (χ4v) is 1.60. The Hall–Kier alpha value is -2.97. The van der Waals surface area contributed by atoms with E-state index < -0.39 is 17.8 Å². The van der Waals surface area contributed by atoms with Gasteiger partial charge >= 0.3 is 11.9 Å². The van der Waals surface area contributed by atoms with Gasteiger partial charge in [-0.05, 0) is 12.1 Å². The van der Waals surface area contributed by atoms with Gasteiger partial charge in [-0.3, -0.25) is 0 Å². The fourth-order valence-electron chi connectivity index (χ4n) is 1.60. The number of methoxy groups -OCH3 is 2. The van der Waals surface area contributed by atoms with Crippen LogP contribution in [0.2, 0.25) is 0 Å². The monoisotopic (exact) mass is 294 g/mol. The molecule has 0 unspecified atom stereocenters. The number of halogens is 1. The molecule has 110 valence electrons. The van der Waals surface area contributed by atoms with Crippen LogP contribution in [0.5, 0.6) is 0 Å². The number of ether oxygens (including phenoxy) is 2. The fraction of sp³-hybridized carbons (Fsp3) is 0.167. The third kappa shape index (κ3) is 2.66. The minimum Gasteiger partial charge on any atom is -0.465 e. The molecule has 0 spiro atoms. The number of nitrogen functional groups attached to an aromatic ring is 1. The van der Waals surface area contributed by atoms with Crippen molar-refractivity contribution in [1.29, 1.82) is 0 Å². The van der Waals surface area contributed by atoms with E-state index in [1.807, 2.05) is 0 Å². The van der Waals surface area contributed by atoms with Gasteiger partial charge in [0.1, 0.15) is 12.0 Å². The summed E-state index contributed by atoms with van der Waals surface area (Å²) in [6, 6.07) is 2.12. The van der Waals surface area contributed by atoms with Gasteiger partial charge in [-0.1, -0.05) is 0 Å². The van der Waals surface area contributed by atoms with Crippen molar-refractivity contribution in [3.05, 3.63) is 35.7 Å². The molecule has 0 aliphatic heterocycles.